The van der Waals surface area contributed by atoms with E-state index in [2.05, 4.69) is 0 Å². The lowest BCUT2D eigenvalue weighted by atomic mass is 9.95. The first-order valence-electron chi connectivity index (χ1n) is 10.3. The Labute approximate surface area is 180 Å². The molecule has 1 fully saturated rings. The highest BCUT2D eigenvalue weighted by Crippen LogP contribution is 2.39. The molecule has 31 heavy (non-hydrogen) atoms. The summed E-state index contributed by atoms with van der Waals surface area (Å²) in [6.45, 7) is 5.51. The molecule has 3 rings (SSSR count). The molecule has 0 aromatic heterocycles. The van der Waals surface area contributed by atoms with Gasteiger partial charge in [0.1, 0.15) is 17.3 Å². The predicted octanol–water partition coefficient (Wildman–Crippen LogP) is 4.07. The predicted molar refractivity (Wildman–Crippen MR) is 114 cm³/mol. The minimum Gasteiger partial charge on any atom is -0.507 e. The van der Waals surface area contributed by atoms with Crippen LogP contribution in [-0.4, -0.2) is 48.1 Å². The Morgan fingerprint density at radius 1 is 1.03 bits per heavy atom. The lowest BCUT2D eigenvalue weighted by Crippen LogP contribution is -2.31. The molecule has 0 bridgehead atoms. The standard InChI is InChI=1S/C24H26FNO5/c1-3-30-15-5-14-26-21(16-6-10-18(25)11-7-16)20(23(28)24(26)29)22(27)17-8-12-19(13-9-17)31-4-2/h6-13,21,27H,3-5,14-15H2,1-2H3/b22-20-. The molecule has 1 unspecified atom stereocenters. The van der Waals surface area contributed by atoms with Crippen LogP contribution in [0.2, 0.25) is 0 Å². The highest BCUT2D eigenvalue weighted by atomic mass is 19.1. The zero-order valence-corrected chi connectivity index (χ0v) is 17.6. The largest absolute Gasteiger partial charge is 0.507 e. The third kappa shape index (κ3) is 4.94. The van der Waals surface area contributed by atoms with E-state index in [1.165, 1.54) is 29.2 Å². The summed E-state index contributed by atoms with van der Waals surface area (Å²) in [5.41, 5.74) is 0.921. The molecule has 0 spiro atoms. The van der Waals surface area contributed by atoms with E-state index in [1.807, 2.05) is 13.8 Å². The van der Waals surface area contributed by atoms with Crippen molar-refractivity contribution >= 4 is 17.4 Å². The zero-order chi connectivity index (χ0) is 22.4. The van der Waals surface area contributed by atoms with Gasteiger partial charge in [-0.15, -0.1) is 0 Å². The summed E-state index contributed by atoms with van der Waals surface area (Å²) in [6.07, 6.45) is 0.529. The fraction of sp³-hybridized carbons (Fsp3) is 0.333. The van der Waals surface area contributed by atoms with Crippen LogP contribution in [0.15, 0.2) is 54.1 Å². The van der Waals surface area contributed by atoms with E-state index >= 15 is 0 Å². The number of amides is 1. The van der Waals surface area contributed by atoms with E-state index in [4.69, 9.17) is 9.47 Å². The van der Waals surface area contributed by atoms with Gasteiger partial charge in [0.25, 0.3) is 11.7 Å². The summed E-state index contributed by atoms with van der Waals surface area (Å²) in [7, 11) is 0. The number of hydrogen-bond donors (Lipinski definition) is 1. The molecule has 7 heteroatoms. The Morgan fingerprint density at radius 3 is 2.32 bits per heavy atom. The monoisotopic (exact) mass is 427 g/mol. The van der Waals surface area contributed by atoms with Crippen molar-refractivity contribution in [2.24, 2.45) is 0 Å². The van der Waals surface area contributed by atoms with E-state index < -0.39 is 23.5 Å². The quantitative estimate of drug-likeness (QED) is 0.283. The Balaban J connectivity index is 2.02. The van der Waals surface area contributed by atoms with Crippen molar-refractivity contribution in [3.05, 3.63) is 71.0 Å². The second kappa shape index (κ2) is 10.2. The molecule has 1 amide bonds. The van der Waals surface area contributed by atoms with Crippen LogP contribution in [-0.2, 0) is 14.3 Å². The highest BCUT2D eigenvalue weighted by Gasteiger charge is 2.45. The molecule has 2 aromatic carbocycles. The normalized spacial score (nSPS) is 17.9. The first kappa shape index (κ1) is 22.5. The van der Waals surface area contributed by atoms with Gasteiger partial charge in [0.2, 0.25) is 0 Å². The number of carbonyl (C=O) groups excluding carboxylic acids is 2. The third-order valence-corrected chi connectivity index (χ3v) is 5.06. The second-order valence-corrected chi connectivity index (χ2v) is 7.05. The number of rotatable bonds is 9. The van der Waals surface area contributed by atoms with Crippen LogP contribution in [0.3, 0.4) is 0 Å². The van der Waals surface area contributed by atoms with Gasteiger partial charge in [-0.1, -0.05) is 12.1 Å². The maximum Gasteiger partial charge on any atom is 0.295 e. The number of aliphatic hydroxyl groups excluding tert-OH is 1. The topological polar surface area (TPSA) is 76.1 Å². The highest BCUT2D eigenvalue weighted by molar-refractivity contribution is 6.46. The van der Waals surface area contributed by atoms with Crippen molar-refractivity contribution in [2.45, 2.75) is 26.3 Å². The number of benzene rings is 2. The molecular weight excluding hydrogens is 401 g/mol. The third-order valence-electron chi connectivity index (χ3n) is 5.06. The van der Waals surface area contributed by atoms with Crippen molar-refractivity contribution in [1.82, 2.24) is 4.90 Å². The Morgan fingerprint density at radius 2 is 1.71 bits per heavy atom. The minimum atomic E-state index is -0.811. The maximum atomic E-state index is 13.5. The fourth-order valence-corrected chi connectivity index (χ4v) is 3.61. The summed E-state index contributed by atoms with van der Waals surface area (Å²) < 4.78 is 24.2. The number of hydrogen-bond acceptors (Lipinski definition) is 5. The molecule has 164 valence electrons. The molecule has 1 aliphatic rings. The average molecular weight is 427 g/mol. The van der Waals surface area contributed by atoms with Crippen molar-refractivity contribution < 1.29 is 28.6 Å². The Hall–Kier alpha value is -3.19. The second-order valence-electron chi connectivity index (χ2n) is 7.05. The molecule has 1 saturated heterocycles. The molecule has 1 atom stereocenters. The van der Waals surface area contributed by atoms with Crippen molar-refractivity contribution in [3.8, 4) is 5.75 Å². The van der Waals surface area contributed by atoms with E-state index in [1.54, 1.807) is 24.3 Å². The Bertz CT molecular complexity index is 953. The number of ether oxygens (including phenoxy) is 2. The van der Waals surface area contributed by atoms with Gasteiger partial charge in [-0.3, -0.25) is 9.59 Å². The lowest BCUT2D eigenvalue weighted by molar-refractivity contribution is -0.140. The number of halogens is 1. The van der Waals surface area contributed by atoms with Crippen LogP contribution in [0.5, 0.6) is 5.75 Å². The molecule has 2 aromatic rings. The minimum absolute atomic E-state index is 0.0165. The molecule has 1 aliphatic heterocycles. The van der Waals surface area contributed by atoms with E-state index in [0.29, 0.717) is 43.1 Å². The number of Topliss-reactive ketones (excluding diaryl/α,β-unsaturated/α-hetero) is 1. The molecular formula is C24H26FNO5. The van der Waals surface area contributed by atoms with Gasteiger partial charge in [-0.05, 0) is 62.2 Å². The van der Waals surface area contributed by atoms with Gasteiger partial charge in [-0.25, -0.2) is 4.39 Å². The van der Waals surface area contributed by atoms with Crippen LogP contribution in [0.1, 0.15) is 37.4 Å². The van der Waals surface area contributed by atoms with Crippen LogP contribution in [0.25, 0.3) is 5.76 Å². The van der Waals surface area contributed by atoms with Crippen LogP contribution >= 0.6 is 0 Å². The summed E-state index contributed by atoms with van der Waals surface area (Å²) in [5.74, 6) is -1.53. The fourth-order valence-electron chi connectivity index (χ4n) is 3.61. The molecule has 0 saturated carbocycles. The number of likely N-dealkylation sites (tertiary alicyclic amines) is 1. The molecule has 1 N–H and O–H groups in total. The summed E-state index contributed by atoms with van der Waals surface area (Å²) >= 11 is 0. The van der Waals surface area contributed by atoms with Crippen molar-refractivity contribution in [3.63, 3.8) is 0 Å². The average Bonchev–Trinajstić information content (AvgIpc) is 3.02. The van der Waals surface area contributed by atoms with Gasteiger partial charge in [0.05, 0.1) is 18.2 Å². The van der Waals surface area contributed by atoms with Crippen LogP contribution in [0, 0.1) is 5.82 Å². The summed E-state index contributed by atoms with van der Waals surface area (Å²) in [5, 5.41) is 11.0. The molecule has 6 nitrogen and oxygen atoms in total. The summed E-state index contributed by atoms with van der Waals surface area (Å²) in [6, 6.07) is 11.4. The van der Waals surface area contributed by atoms with Crippen LogP contribution in [0.4, 0.5) is 4.39 Å². The number of nitrogens with zero attached hydrogens (tertiary/aromatic N) is 1. The van der Waals surface area contributed by atoms with Gasteiger partial charge < -0.3 is 19.5 Å². The number of carbonyl (C=O) groups is 2. The number of aliphatic hydroxyl groups is 1. The zero-order valence-electron chi connectivity index (χ0n) is 17.6. The van der Waals surface area contributed by atoms with Gasteiger partial charge >= 0.3 is 0 Å². The molecule has 0 aliphatic carbocycles. The maximum absolute atomic E-state index is 13.5. The number of ketones is 1. The van der Waals surface area contributed by atoms with E-state index in [0.717, 1.165) is 0 Å². The van der Waals surface area contributed by atoms with Crippen molar-refractivity contribution in [2.75, 3.05) is 26.4 Å². The molecule has 1 heterocycles. The van der Waals surface area contributed by atoms with Gasteiger partial charge in [-0.2, -0.15) is 0 Å². The summed E-state index contributed by atoms with van der Waals surface area (Å²) in [4.78, 5) is 27.1. The first-order chi connectivity index (χ1) is 15.0. The van der Waals surface area contributed by atoms with Gasteiger partial charge in [0.15, 0.2) is 0 Å². The lowest BCUT2D eigenvalue weighted by Gasteiger charge is -2.25. The SMILES string of the molecule is CCOCCCN1C(=O)C(=O)/C(=C(\O)c2ccc(OCC)cc2)C1c1ccc(F)cc1. The van der Waals surface area contributed by atoms with E-state index in [9.17, 15) is 19.1 Å². The van der Waals surface area contributed by atoms with Crippen LogP contribution < -0.4 is 4.74 Å². The Kier molecular flexibility index (Phi) is 7.41. The first-order valence-corrected chi connectivity index (χ1v) is 10.3. The molecule has 0 radical (unpaired) electrons. The van der Waals surface area contributed by atoms with Crippen molar-refractivity contribution in [1.29, 1.82) is 0 Å². The van der Waals surface area contributed by atoms with Gasteiger partial charge in [0, 0.05) is 25.3 Å². The van der Waals surface area contributed by atoms with E-state index in [-0.39, 0.29) is 17.9 Å². The smallest absolute Gasteiger partial charge is 0.295 e.